The molecule has 0 fully saturated rings. The van der Waals surface area contributed by atoms with Crippen LogP contribution in [0, 0.1) is 0 Å². The van der Waals surface area contributed by atoms with E-state index in [0.717, 1.165) is 55.6 Å². The number of benzene rings is 12. The molecule has 3 aromatic heterocycles. The van der Waals surface area contributed by atoms with Crippen molar-refractivity contribution in [3.05, 3.63) is 273 Å². The highest BCUT2D eigenvalue weighted by Gasteiger charge is 2.23. The molecule has 0 aliphatic rings. The number of hydrogen-bond donors (Lipinski definition) is 9. The van der Waals surface area contributed by atoms with Crippen LogP contribution < -0.4 is 28.4 Å². The highest BCUT2D eigenvalue weighted by atomic mass is 16.5. The Balaban J connectivity index is 0.000000168. The van der Waals surface area contributed by atoms with E-state index in [1.165, 1.54) is 132 Å². The van der Waals surface area contributed by atoms with Crippen LogP contribution in [0.2, 0.25) is 0 Å². The van der Waals surface area contributed by atoms with Crippen LogP contribution in [0.5, 0.6) is 103 Å². The Bertz CT molecular complexity index is 5950. The number of unbranched alkanes of at least 4 members (excludes halogenated alkanes) is 15. The monoisotopic (exact) mass is 1730 g/mol. The van der Waals surface area contributed by atoms with Gasteiger partial charge in [-0.3, -0.25) is 0 Å². The van der Waals surface area contributed by atoms with E-state index in [4.69, 9.17) is 43.4 Å². The number of aromatic nitrogens is 9. The van der Waals surface area contributed by atoms with Gasteiger partial charge in [-0.25, -0.2) is 44.9 Å². The first-order valence-corrected chi connectivity index (χ1v) is 43.7. The van der Waals surface area contributed by atoms with Crippen molar-refractivity contribution in [1.29, 1.82) is 0 Å². The Morgan fingerprint density at radius 1 is 0.186 bits per heavy atom. The predicted molar refractivity (Wildman–Crippen MR) is 500 cm³/mol. The average Bonchev–Trinajstić information content (AvgIpc) is 0.792. The Morgan fingerprint density at radius 3 is 0.605 bits per heavy atom. The van der Waals surface area contributed by atoms with Crippen LogP contribution in [0.1, 0.15) is 136 Å². The smallest absolute Gasteiger partial charge is 0.167 e. The summed E-state index contributed by atoms with van der Waals surface area (Å²) in [4.78, 5) is 41.6. The first-order chi connectivity index (χ1) is 63.0. The number of phenols is 9. The van der Waals surface area contributed by atoms with Crippen molar-refractivity contribution in [2.75, 3.05) is 19.8 Å². The van der Waals surface area contributed by atoms with Gasteiger partial charge in [-0.2, -0.15) is 0 Å². The summed E-state index contributed by atoms with van der Waals surface area (Å²) < 4.78 is 35.5. The zero-order chi connectivity index (χ0) is 90.1. The molecule has 0 bridgehead atoms. The maximum atomic E-state index is 11.1. The van der Waals surface area contributed by atoms with Crippen LogP contribution in [0.25, 0.3) is 102 Å². The second-order valence-corrected chi connectivity index (χ2v) is 30.7. The molecule has 12 aromatic carbocycles. The molecule has 24 nitrogen and oxygen atoms in total. The summed E-state index contributed by atoms with van der Waals surface area (Å²) in [6.07, 6.45) is 21.1. The minimum Gasteiger partial charge on any atom is -0.508 e. The summed E-state index contributed by atoms with van der Waals surface area (Å²) in [5.41, 5.74) is 4.14. The van der Waals surface area contributed by atoms with Crippen LogP contribution in [0.4, 0.5) is 0 Å². The number of para-hydroxylation sites is 3. The molecule has 0 aliphatic carbocycles. The molecule has 0 saturated carbocycles. The van der Waals surface area contributed by atoms with Gasteiger partial charge in [0.2, 0.25) is 0 Å². The van der Waals surface area contributed by atoms with E-state index in [-0.39, 0.29) is 104 Å². The largest absolute Gasteiger partial charge is 0.508 e. The summed E-state index contributed by atoms with van der Waals surface area (Å²) >= 11 is 0. The Morgan fingerprint density at radius 2 is 0.380 bits per heavy atom. The summed E-state index contributed by atoms with van der Waals surface area (Å²) in [7, 11) is 0. The second kappa shape index (κ2) is 46.6. The number of ether oxygens (including phenoxy) is 6. The van der Waals surface area contributed by atoms with Crippen molar-refractivity contribution >= 4 is 0 Å². The quantitative estimate of drug-likeness (QED) is 0.0162. The van der Waals surface area contributed by atoms with Crippen LogP contribution in [0.15, 0.2) is 273 Å². The first kappa shape index (κ1) is 91.4. The molecule has 0 saturated heterocycles. The number of phenolic OH excluding ortho intramolecular Hbond substituents is 9. The van der Waals surface area contributed by atoms with Crippen LogP contribution in [-0.4, -0.2) is 111 Å². The van der Waals surface area contributed by atoms with Gasteiger partial charge in [0, 0.05) is 53.1 Å². The molecule has 0 amide bonds. The van der Waals surface area contributed by atoms with Crippen molar-refractivity contribution in [3.63, 3.8) is 0 Å². The standard InChI is InChI=1S/C43H51N3O5.C35H35N3O5.C27H19N3O5/c1-3-5-7-9-11-16-28-49-35-24-26-37(39(47)30-35)42-44-41(32-20-22-34(23-21-32)51-33-18-14-13-15-19-33)45-43(46-42)38-27-25-36(31-40(38)48)50-29-17-12-10-8-6-4-2;1-2-3-4-5-6-10-21-42-28-18-20-30(32(41)23-28)35-37-33(36-34(38-35)29-19-15-25(39)22-31(29)40)24-13-16-27(17-14-24)43-26-11-8-7-9-12-26;31-17-8-12-21(23(33)14-17)26-28-25(29-27(30-26)22-13-9-18(32)15-24(22)34)16-6-10-20(11-7-16)35-19-4-2-1-3-5-19/h13-15,18-27,30-31,47-48H,3-12,16-17,28-29H2,1-2H3;7-9,11-20,22-23,39-41H,2-6,10,21H2,1H3;1-15,31-34H. The van der Waals surface area contributed by atoms with Gasteiger partial charge in [-0.1, -0.05) is 172 Å². The average molecular weight is 1730 g/mol. The maximum absolute atomic E-state index is 11.1. The maximum Gasteiger partial charge on any atom is 0.167 e. The fourth-order valence-electron chi connectivity index (χ4n) is 13.8. The Labute approximate surface area is 750 Å². The van der Waals surface area contributed by atoms with Crippen LogP contribution in [0.3, 0.4) is 0 Å². The highest BCUT2D eigenvalue weighted by Crippen LogP contribution is 2.42. The third-order valence-electron chi connectivity index (χ3n) is 20.8. The zero-order valence-corrected chi connectivity index (χ0v) is 72.3. The molecule has 0 atom stereocenters. The fourth-order valence-corrected chi connectivity index (χ4v) is 13.8. The van der Waals surface area contributed by atoms with Gasteiger partial charge in [0.1, 0.15) is 103 Å². The Kier molecular flexibility index (Phi) is 33.0. The van der Waals surface area contributed by atoms with Gasteiger partial charge < -0.3 is 74.4 Å². The van der Waals surface area contributed by atoms with E-state index < -0.39 is 0 Å². The van der Waals surface area contributed by atoms with Gasteiger partial charge >= 0.3 is 0 Å². The molecule has 24 heteroatoms. The number of aromatic hydroxyl groups is 9. The molecule has 660 valence electrons. The van der Waals surface area contributed by atoms with Gasteiger partial charge in [-0.15, -0.1) is 0 Å². The molecule has 0 unspecified atom stereocenters. The molecule has 15 aromatic rings. The molecule has 3 heterocycles. The third kappa shape index (κ3) is 26.6. The van der Waals surface area contributed by atoms with Gasteiger partial charge in [-0.05, 0) is 201 Å². The summed E-state index contributed by atoms with van der Waals surface area (Å²) in [6, 6.07) is 78.1. The fraction of sp³-hybridized carbons (Fsp3) is 0.229. The third-order valence-corrected chi connectivity index (χ3v) is 20.8. The van der Waals surface area contributed by atoms with E-state index >= 15 is 0 Å². The predicted octanol–water partition coefficient (Wildman–Crippen LogP) is 25.6. The molecule has 15 rings (SSSR count). The molecular formula is C105H105N9O15. The molecule has 0 aliphatic heterocycles. The SMILES string of the molecule is CCCCCCCCOc1ccc(-c2nc(-c3ccc(Oc4ccccc4)cc3)nc(-c3ccc(O)cc3O)n2)c(O)c1.CCCCCCCCOc1ccc(-c2nc(-c3ccc(Oc4ccccc4)cc3)nc(-c3ccc(OCCCCCCCC)cc3O)n2)c(O)c1.Oc1ccc(-c2nc(-c3ccc(Oc4ccccc4)cc3)nc(-c3ccc(O)cc3O)n2)c(O)c1. The van der Waals surface area contributed by atoms with Crippen molar-refractivity contribution in [2.24, 2.45) is 0 Å². The van der Waals surface area contributed by atoms with E-state index in [9.17, 15) is 46.0 Å². The van der Waals surface area contributed by atoms with Crippen LogP contribution >= 0.6 is 0 Å². The van der Waals surface area contributed by atoms with Crippen molar-refractivity contribution in [1.82, 2.24) is 44.9 Å². The van der Waals surface area contributed by atoms with Gasteiger partial charge in [0.05, 0.1) is 53.2 Å². The molecular weight excluding hydrogens is 1630 g/mol. The van der Waals surface area contributed by atoms with E-state index in [2.05, 4.69) is 50.7 Å². The molecule has 9 N–H and O–H groups in total. The summed E-state index contributed by atoms with van der Waals surface area (Å²) in [6.45, 7) is 8.39. The lowest BCUT2D eigenvalue weighted by atomic mass is 10.1. The molecule has 0 spiro atoms. The molecule has 0 radical (unpaired) electrons. The number of nitrogens with zero attached hydrogens (tertiary/aromatic N) is 9. The van der Waals surface area contributed by atoms with Crippen molar-refractivity contribution < 1.29 is 74.4 Å². The van der Waals surface area contributed by atoms with Crippen LogP contribution in [-0.2, 0) is 0 Å². The van der Waals surface area contributed by atoms with E-state index in [0.29, 0.717) is 105 Å². The van der Waals surface area contributed by atoms with Crippen molar-refractivity contribution in [3.8, 4) is 206 Å². The van der Waals surface area contributed by atoms with Gasteiger partial charge in [0.15, 0.2) is 52.4 Å². The minimum absolute atomic E-state index is 0.00665. The first-order valence-electron chi connectivity index (χ1n) is 43.7. The minimum atomic E-state index is -0.213. The highest BCUT2D eigenvalue weighted by molar-refractivity contribution is 5.77. The van der Waals surface area contributed by atoms with E-state index in [1.807, 2.05) is 152 Å². The van der Waals surface area contributed by atoms with Gasteiger partial charge in [0.25, 0.3) is 0 Å². The summed E-state index contributed by atoms with van der Waals surface area (Å²) in [5.74, 6) is 7.10. The lowest BCUT2D eigenvalue weighted by Gasteiger charge is -2.13. The normalized spacial score (nSPS) is 10.9. The van der Waals surface area contributed by atoms with E-state index in [1.54, 1.807) is 66.7 Å². The molecule has 129 heavy (non-hydrogen) atoms. The second-order valence-electron chi connectivity index (χ2n) is 30.7. The topological polar surface area (TPSA) is 353 Å². The lowest BCUT2D eigenvalue weighted by Crippen LogP contribution is -2.02. The zero-order valence-electron chi connectivity index (χ0n) is 72.3. The number of rotatable bonds is 39. The lowest BCUT2D eigenvalue weighted by molar-refractivity contribution is 0.302. The number of hydrogen-bond acceptors (Lipinski definition) is 24. The summed E-state index contributed by atoms with van der Waals surface area (Å²) in [5, 5.41) is 93.7. The Hall–Kier alpha value is -15.3. The van der Waals surface area contributed by atoms with Crippen molar-refractivity contribution in [2.45, 2.75) is 136 Å².